The van der Waals surface area contributed by atoms with E-state index < -0.39 is 15.3 Å². The zero-order chi connectivity index (χ0) is 11.9. The second kappa shape index (κ2) is 6.76. The largest absolute Gasteiger partial charge is 0.359 e. The summed E-state index contributed by atoms with van der Waals surface area (Å²) in [6.45, 7) is 1.96. The molecule has 90 valence electrons. The number of sulfonamides is 1. The molecule has 0 rings (SSSR count). The fourth-order valence-electron chi connectivity index (χ4n) is 1.06. The van der Waals surface area contributed by atoms with Gasteiger partial charge in [-0.3, -0.25) is 4.79 Å². The number of carbonyl (C=O) groups excluding carboxylic acids is 1. The van der Waals surface area contributed by atoms with Gasteiger partial charge in [-0.2, -0.15) is 0 Å². The van der Waals surface area contributed by atoms with E-state index in [1.807, 2.05) is 0 Å². The average Bonchev–Trinajstić information content (AvgIpc) is 2.18. The van der Waals surface area contributed by atoms with E-state index in [9.17, 15) is 13.2 Å². The molecule has 15 heavy (non-hydrogen) atoms. The van der Waals surface area contributed by atoms with Crippen LogP contribution in [0.25, 0.3) is 0 Å². The molecule has 0 radical (unpaired) electrons. The highest BCUT2D eigenvalue weighted by molar-refractivity contribution is 7.90. The Morgan fingerprint density at radius 2 is 2.07 bits per heavy atom. The van der Waals surface area contributed by atoms with Gasteiger partial charge >= 0.3 is 0 Å². The van der Waals surface area contributed by atoms with Crippen LogP contribution in [0, 0.1) is 0 Å². The second-order valence-electron chi connectivity index (χ2n) is 3.13. The standard InChI is InChI=1S/C8H19N3O3S/c1-3-7(6-9)15(13,14)11-5-4-8(12)10-2/h7,11H,3-6,9H2,1-2H3,(H,10,12). The van der Waals surface area contributed by atoms with Crippen molar-refractivity contribution >= 4 is 15.9 Å². The minimum absolute atomic E-state index is 0.0891. The average molecular weight is 237 g/mol. The van der Waals surface area contributed by atoms with Crippen LogP contribution in [0.3, 0.4) is 0 Å². The summed E-state index contributed by atoms with van der Waals surface area (Å²) in [5.41, 5.74) is 5.33. The van der Waals surface area contributed by atoms with Crippen LogP contribution < -0.4 is 15.8 Å². The lowest BCUT2D eigenvalue weighted by Crippen LogP contribution is -2.40. The van der Waals surface area contributed by atoms with Crippen molar-refractivity contribution in [3.8, 4) is 0 Å². The minimum Gasteiger partial charge on any atom is -0.359 e. The SMILES string of the molecule is CCC(CN)S(=O)(=O)NCCC(=O)NC. The van der Waals surface area contributed by atoms with E-state index in [0.29, 0.717) is 6.42 Å². The van der Waals surface area contributed by atoms with E-state index >= 15 is 0 Å². The van der Waals surface area contributed by atoms with E-state index in [1.165, 1.54) is 7.05 Å². The first-order chi connectivity index (χ1) is 6.97. The van der Waals surface area contributed by atoms with Crippen LogP contribution in [-0.2, 0) is 14.8 Å². The Labute approximate surface area is 90.7 Å². The Kier molecular flexibility index (Phi) is 6.46. The van der Waals surface area contributed by atoms with E-state index in [4.69, 9.17) is 5.73 Å². The predicted octanol–water partition coefficient (Wildman–Crippen LogP) is -1.22. The Bertz CT molecular complexity index is 286. The predicted molar refractivity (Wildman–Crippen MR) is 58.7 cm³/mol. The third kappa shape index (κ3) is 5.10. The molecule has 0 aromatic carbocycles. The van der Waals surface area contributed by atoms with Crippen LogP contribution in [0.5, 0.6) is 0 Å². The number of carbonyl (C=O) groups is 1. The summed E-state index contributed by atoms with van der Waals surface area (Å²) in [5.74, 6) is -0.196. The Morgan fingerprint density at radius 1 is 1.47 bits per heavy atom. The third-order valence-electron chi connectivity index (χ3n) is 2.09. The summed E-state index contributed by atoms with van der Waals surface area (Å²) >= 11 is 0. The quantitative estimate of drug-likeness (QED) is 0.516. The summed E-state index contributed by atoms with van der Waals surface area (Å²) < 4.78 is 25.4. The monoisotopic (exact) mass is 237 g/mol. The van der Waals surface area contributed by atoms with E-state index in [2.05, 4.69) is 10.0 Å². The number of nitrogens with one attached hydrogen (secondary N) is 2. The molecule has 1 unspecified atom stereocenters. The van der Waals surface area contributed by atoms with Gasteiger partial charge in [0.1, 0.15) is 0 Å². The fraction of sp³-hybridized carbons (Fsp3) is 0.875. The highest BCUT2D eigenvalue weighted by Gasteiger charge is 2.21. The van der Waals surface area contributed by atoms with Gasteiger partial charge in [0.25, 0.3) is 0 Å². The maximum Gasteiger partial charge on any atom is 0.221 e. The van der Waals surface area contributed by atoms with Gasteiger partial charge < -0.3 is 11.1 Å². The summed E-state index contributed by atoms with van der Waals surface area (Å²) in [4.78, 5) is 10.8. The molecule has 4 N–H and O–H groups in total. The van der Waals surface area contributed by atoms with Crippen molar-refractivity contribution in [2.45, 2.75) is 25.0 Å². The van der Waals surface area contributed by atoms with E-state index in [-0.39, 0.29) is 25.4 Å². The fourth-order valence-corrected chi connectivity index (χ4v) is 2.38. The molecule has 0 spiro atoms. The Morgan fingerprint density at radius 3 is 2.47 bits per heavy atom. The minimum atomic E-state index is -3.38. The first-order valence-corrected chi connectivity index (χ1v) is 6.41. The van der Waals surface area contributed by atoms with Gasteiger partial charge in [-0.25, -0.2) is 13.1 Å². The molecule has 0 aliphatic heterocycles. The van der Waals surface area contributed by atoms with Gasteiger partial charge in [0.2, 0.25) is 15.9 Å². The Balaban J connectivity index is 4.10. The summed E-state index contributed by atoms with van der Waals surface area (Å²) in [6, 6.07) is 0. The molecule has 0 aliphatic carbocycles. The zero-order valence-electron chi connectivity index (χ0n) is 9.12. The van der Waals surface area contributed by atoms with Crippen LogP contribution in [0.2, 0.25) is 0 Å². The number of amides is 1. The van der Waals surface area contributed by atoms with Gasteiger partial charge in [-0.15, -0.1) is 0 Å². The topological polar surface area (TPSA) is 101 Å². The zero-order valence-corrected chi connectivity index (χ0v) is 9.93. The van der Waals surface area contributed by atoms with Gasteiger partial charge in [0, 0.05) is 26.6 Å². The molecule has 0 saturated carbocycles. The van der Waals surface area contributed by atoms with Crippen LogP contribution in [0.4, 0.5) is 0 Å². The van der Waals surface area contributed by atoms with Crippen molar-refractivity contribution in [2.24, 2.45) is 5.73 Å². The molecule has 0 aromatic heterocycles. The molecule has 7 heteroatoms. The number of nitrogens with two attached hydrogens (primary N) is 1. The maximum atomic E-state index is 11.5. The summed E-state index contributed by atoms with van der Waals surface area (Å²) in [5, 5.41) is 1.83. The van der Waals surface area contributed by atoms with Gasteiger partial charge in [0.05, 0.1) is 5.25 Å². The maximum absolute atomic E-state index is 11.5. The summed E-state index contributed by atoms with van der Waals surface area (Å²) in [7, 11) is -1.88. The van der Waals surface area contributed by atoms with Crippen molar-refractivity contribution < 1.29 is 13.2 Å². The first kappa shape index (κ1) is 14.3. The summed E-state index contributed by atoms with van der Waals surface area (Å²) in [6.07, 6.45) is 0.600. The normalized spacial score (nSPS) is 13.5. The molecule has 6 nitrogen and oxygen atoms in total. The first-order valence-electron chi connectivity index (χ1n) is 4.87. The molecule has 0 saturated heterocycles. The lowest BCUT2D eigenvalue weighted by Gasteiger charge is -2.14. The molecule has 0 aliphatic rings. The van der Waals surface area contributed by atoms with Crippen molar-refractivity contribution in [1.29, 1.82) is 0 Å². The molecule has 0 aromatic rings. The Hall–Kier alpha value is -0.660. The highest BCUT2D eigenvalue weighted by atomic mass is 32.2. The van der Waals surface area contributed by atoms with Crippen LogP contribution in [0.15, 0.2) is 0 Å². The van der Waals surface area contributed by atoms with Gasteiger partial charge in [-0.05, 0) is 6.42 Å². The van der Waals surface area contributed by atoms with E-state index in [0.717, 1.165) is 0 Å². The molecule has 1 amide bonds. The molecule has 0 bridgehead atoms. The van der Waals surface area contributed by atoms with Crippen LogP contribution in [0.1, 0.15) is 19.8 Å². The highest BCUT2D eigenvalue weighted by Crippen LogP contribution is 2.01. The van der Waals surface area contributed by atoms with Crippen LogP contribution >= 0.6 is 0 Å². The van der Waals surface area contributed by atoms with Crippen molar-refractivity contribution in [3.63, 3.8) is 0 Å². The van der Waals surface area contributed by atoms with E-state index in [1.54, 1.807) is 6.92 Å². The number of hydrogen-bond acceptors (Lipinski definition) is 4. The third-order valence-corrected chi connectivity index (χ3v) is 4.10. The molecule has 0 fully saturated rings. The second-order valence-corrected chi connectivity index (χ2v) is 5.17. The lowest BCUT2D eigenvalue weighted by molar-refractivity contribution is -0.120. The molecular weight excluding hydrogens is 218 g/mol. The lowest BCUT2D eigenvalue weighted by atomic mass is 10.3. The van der Waals surface area contributed by atoms with Crippen molar-refractivity contribution in [2.75, 3.05) is 20.1 Å². The smallest absolute Gasteiger partial charge is 0.221 e. The molecule has 0 heterocycles. The van der Waals surface area contributed by atoms with Gasteiger partial charge in [-0.1, -0.05) is 6.92 Å². The van der Waals surface area contributed by atoms with Crippen LogP contribution in [-0.4, -0.2) is 39.7 Å². The number of hydrogen-bond donors (Lipinski definition) is 3. The van der Waals surface area contributed by atoms with Gasteiger partial charge in [0.15, 0.2) is 0 Å². The number of rotatable bonds is 7. The molecular formula is C8H19N3O3S. The molecule has 1 atom stereocenters. The van der Waals surface area contributed by atoms with Crippen molar-refractivity contribution in [1.82, 2.24) is 10.0 Å². The van der Waals surface area contributed by atoms with Crippen molar-refractivity contribution in [3.05, 3.63) is 0 Å².